The van der Waals surface area contributed by atoms with Crippen molar-refractivity contribution in [3.63, 3.8) is 0 Å². The third-order valence-corrected chi connectivity index (χ3v) is 4.62. The highest BCUT2D eigenvalue weighted by Gasteiger charge is 2.57. The van der Waals surface area contributed by atoms with Gasteiger partial charge in [0.2, 0.25) is 6.29 Å². The lowest BCUT2D eigenvalue weighted by molar-refractivity contribution is -0.210. The molecule has 2 fully saturated rings. The second-order valence-electron chi connectivity index (χ2n) is 7.06. The Labute approximate surface area is 153 Å². The summed E-state index contributed by atoms with van der Waals surface area (Å²) in [5.74, 6) is -0.698. The van der Waals surface area contributed by atoms with Gasteiger partial charge in [0.25, 0.3) is 0 Å². The van der Waals surface area contributed by atoms with E-state index in [0.717, 1.165) is 11.3 Å². The van der Waals surface area contributed by atoms with Crippen LogP contribution in [0.5, 0.6) is 0 Å². The lowest BCUT2D eigenvalue weighted by atomic mass is 10.0. The van der Waals surface area contributed by atoms with Crippen LogP contribution in [-0.4, -0.2) is 49.0 Å². The van der Waals surface area contributed by atoms with Crippen LogP contribution in [0.25, 0.3) is 0 Å². The van der Waals surface area contributed by atoms with Crippen LogP contribution in [0.1, 0.15) is 32.8 Å². The summed E-state index contributed by atoms with van der Waals surface area (Å²) in [6.45, 7) is 6.70. The van der Waals surface area contributed by atoms with E-state index in [1.165, 1.54) is 0 Å². The Morgan fingerprint density at radius 1 is 1.15 bits per heavy atom. The normalized spacial score (nSPS) is 35.2. The van der Waals surface area contributed by atoms with Gasteiger partial charge in [0.15, 0.2) is 12.1 Å². The molecule has 2 saturated heterocycles. The summed E-state index contributed by atoms with van der Waals surface area (Å²) in [6, 6.07) is 10.0. The fraction of sp³-hybridized carbons (Fsp3) is 0.632. The Kier molecular flexibility index (Phi) is 4.98. The van der Waals surface area contributed by atoms with Crippen molar-refractivity contribution in [1.82, 2.24) is 0 Å². The molecule has 0 saturated carbocycles. The summed E-state index contributed by atoms with van der Waals surface area (Å²) >= 11 is 0. The molecule has 1 aromatic carbocycles. The summed E-state index contributed by atoms with van der Waals surface area (Å²) in [7, 11) is 0. The van der Waals surface area contributed by atoms with Crippen LogP contribution in [-0.2, 0) is 35.1 Å². The molecule has 5 atom stereocenters. The SMILES string of the molecule is CCOC1CC([C@H]2O[C@@H]3OC(C)(C)O[C@@H]3[C@H]2OCc2ccccc2)=NO1. The zero-order chi connectivity index (χ0) is 18.1. The van der Waals surface area contributed by atoms with Crippen molar-refractivity contribution in [2.45, 2.75) is 70.5 Å². The Bertz CT molecular complexity index is 649. The van der Waals surface area contributed by atoms with Crippen LogP contribution >= 0.6 is 0 Å². The predicted molar refractivity (Wildman–Crippen MR) is 92.3 cm³/mol. The predicted octanol–water partition coefficient (Wildman–Crippen LogP) is 2.59. The standard InChI is InChI=1S/C19H25NO6/c1-4-21-14-10-13(20-26-14)15-16(22-11-12-8-6-5-7-9-12)17-18(23-15)25-19(2,3)24-17/h5-9,14-18H,4,10-11H2,1-3H3/t14?,15-,16+,17-,18-/m1/s1. The van der Waals surface area contributed by atoms with E-state index in [4.69, 9.17) is 28.5 Å². The number of benzene rings is 1. The molecular formula is C19H25NO6. The number of ether oxygens (including phenoxy) is 5. The lowest BCUT2D eigenvalue weighted by Gasteiger charge is -2.25. The summed E-state index contributed by atoms with van der Waals surface area (Å²) < 4.78 is 29.7. The molecular weight excluding hydrogens is 338 g/mol. The van der Waals surface area contributed by atoms with Crippen molar-refractivity contribution >= 4 is 5.71 Å². The smallest absolute Gasteiger partial charge is 0.232 e. The van der Waals surface area contributed by atoms with Gasteiger partial charge in [-0.05, 0) is 26.3 Å². The third-order valence-electron chi connectivity index (χ3n) is 4.62. The fourth-order valence-electron chi connectivity index (χ4n) is 3.51. The van der Waals surface area contributed by atoms with Gasteiger partial charge < -0.3 is 28.5 Å². The van der Waals surface area contributed by atoms with Gasteiger partial charge >= 0.3 is 0 Å². The van der Waals surface area contributed by atoms with Gasteiger partial charge in [-0.25, -0.2) is 0 Å². The van der Waals surface area contributed by atoms with Gasteiger partial charge in [0, 0.05) is 6.61 Å². The van der Waals surface area contributed by atoms with Crippen molar-refractivity contribution in [2.24, 2.45) is 5.16 Å². The Morgan fingerprint density at radius 2 is 1.96 bits per heavy atom. The van der Waals surface area contributed by atoms with E-state index in [1.54, 1.807) is 0 Å². The zero-order valence-corrected chi connectivity index (χ0v) is 15.3. The second-order valence-corrected chi connectivity index (χ2v) is 7.06. The first kappa shape index (κ1) is 17.9. The summed E-state index contributed by atoms with van der Waals surface area (Å²) in [5.41, 5.74) is 1.85. The molecule has 0 spiro atoms. The average Bonchev–Trinajstić information content (AvgIpc) is 3.27. The number of hydrogen-bond donors (Lipinski definition) is 0. The van der Waals surface area contributed by atoms with Gasteiger partial charge in [0.1, 0.15) is 18.3 Å². The second kappa shape index (κ2) is 7.25. The molecule has 0 radical (unpaired) electrons. The Hall–Kier alpha value is -1.51. The highest BCUT2D eigenvalue weighted by Crippen LogP contribution is 2.40. The van der Waals surface area contributed by atoms with Gasteiger partial charge in [-0.15, -0.1) is 0 Å². The Morgan fingerprint density at radius 3 is 2.73 bits per heavy atom. The summed E-state index contributed by atoms with van der Waals surface area (Å²) in [5, 5.41) is 4.16. The average molecular weight is 363 g/mol. The van der Waals surface area contributed by atoms with Crippen LogP contribution in [0, 0.1) is 0 Å². The molecule has 0 aliphatic carbocycles. The number of hydrogen-bond acceptors (Lipinski definition) is 7. The minimum absolute atomic E-state index is 0.312. The molecule has 7 heteroatoms. The monoisotopic (exact) mass is 363 g/mol. The van der Waals surface area contributed by atoms with Gasteiger partial charge in [0.05, 0.1) is 18.7 Å². The topological polar surface area (TPSA) is 67.7 Å². The van der Waals surface area contributed by atoms with Crippen molar-refractivity contribution in [1.29, 1.82) is 0 Å². The highest BCUT2D eigenvalue weighted by atomic mass is 16.8. The van der Waals surface area contributed by atoms with E-state index in [0.29, 0.717) is 19.6 Å². The van der Waals surface area contributed by atoms with Crippen LogP contribution < -0.4 is 0 Å². The molecule has 26 heavy (non-hydrogen) atoms. The molecule has 142 valence electrons. The van der Waals surface area contributed by atoms with Crippen LogP contribution in [0.4, 0.5) is 0 Å². The van der Waals surface area contributed by atoms with Crippen LogP contribution in [0.15, 0.2) is 35.5 Å². The first-order valence-corrected chi connectivity index (χ1v) is 9.06. The Balaban J connectivity index is 1.48. The van der Waals surface area contributed by atoms with E-state index in [9.17, 15) is 0 Å². The van der Waals surface area contributed by atoms with E-state index in [-0.39, 0.29) is 24.6 Å². The largest absolute Gasteiger partial charge is 0.367 e. The number of rotatable bonds is 6. The third kappa shape index (κ3) is 3.63. The first-order valence-electron chi connectivity index (χ1n) is 9.06. The van der Waals surface area contributed by atoms with Crippen molar-refractivity contribution in [3.05, 3.63) is 35.9 Å². The summed E-state index contributed by atoms with van der Waals surface area (Å²) in [4.78, 5) is 5.34. The molecule has 0 amide bonds. The maximum absolute atomic E-state index is 6.21. The number of nitrogens with zero attached hydrogens (tertiary/aromatic N) is 1. The first-order chi connectivity index (χ1) is 12.6. The van der Waals surface area contributed by atoms with Crippen LogP contribution in [0.2, 0.25) is 0 Å². The van der Waals surface area contributed by atoms with Crippen molar-refractivity contribution < 1.29 is 28.5 Å². The number of fused-ring (bicyclic) bond motifs is 1. The molecule has 3 aliphatic heterocycles. The highest BCUT2D eigenvalue weighted by molar-refractivity contribution is 5.90. The quantitative estimate of drug-likeness (QED) is 0.774. The van der Waals surface area contributed by atoms with Gasteiger partial charge in [-0.3, -0.25) is 0 Å². The van der Waals surface area contributed by atoms with Gasteiger partial charge in [-0.2, -0.15) is 0 Å². The molecule has 3 aliphatic rings. The molecule has 0 bridgehead atoms. The maximum Gasteiger partial charge on any atom is 0.232 e. The number of oxime groups is 1. The van der Waals surface area contributed by atoms with E-state index in [1.807, 2.05) is 51.1 Å². The van der Waals surface area contributed by atoms with Crippen molar-refractivity contribution in [2.75, 3.05) is 6.61 Å². The van der Waals surface area contributed by atoms with E-state index in [2.05, 4.69) is 5.16 Å². The molecule has 7 nitrogen and oxygen atoms in total. The molecule has 1 unspecified atom stereocenters. The van der Waals surface area contributed by atoms with Gasteiger partial charge in [-0.1, -0.05) is 35.5 Å². The van der Waals surface area contributed by atoms with Crippen molar-refractivity contribution in [3.8, 4) is 0 Å². The maximum atomic E-state index is 6.21. The minimum atomic E-state index is -0.698. The van der Waals surface area contributed by atoms with E-state index < -0.39 is 12.1 Å². The fourth-order valence-corrected chi connectivity index (χ4v) is 3.51. The molecule has 3 heterocycles. The van der Waals surface area contributed by atoms with E-state index >= 15 is 0 Å². The lowest BCUT2D eigenvalue weighted by Crippen LogP contribution is -2.40. The molecule has 1 aromatic rings. The molecule has 0 N–H and O–H groups in total. The zero-order valence-electron chi connectivity index (χ0n) is 15.3. The summed E-state index contributed by atoms with van der Waals surface area (Å²) in [6.07, 6.45) is -1.32. The minimum Gasteiger partial charge on any atom is -0.367 e. The van der Waals surface area contributed by atoms with Crippen LogP contribution in [0.3, 0.4) is 0 Å². The molecule has 0 aromatic heterocycles. The molecule has 4 rings (SSSR count).